The molecule has 1 aliphatic rings. The van der Waals surface area contributed by atoms with Crippen LogP contribution in [0.3, 0.4) is 0 Å². The Hall–Kier alpha value is -1.61. The lowest BCUT2D eigenvalue weighted by Gasteiger charge is -2.40. The van der Waals surface area contributed by atoms with Gasteiger partial charge in [0.25, 0.3) is 0 Å². The molecule has 2 heterocycles. The van der Waals surface area contributed by atoms with Crippen molar-refractivity contribution in [2.75, 3.05) is 27.3 Å². The molecule has 1 aromatic heterocycles. The number of benzene rings is 1. The van der Waals surface area contributed by atoms with E-state index < -0.39 is 15.8 Å². The zero-order valence-corrected chi connectivity index (χ0v) is 18.2. The van der Waals surface area contributed by atoms with Gasteiger partial charge in [0.1, 0.15) is 5.75 Å². The van der Waals surface area contributed by atoms with E-state index >= 15 is 0 Å². The summed E-state index contributed by atoms with van der Waals surface area (Å²) in [5.74, 6) is 0.710. The molecule has 1 saturated heterocycles. The fourth-order valence-corrected chi connectivity index (χ4v) is 5.41. The van der Waals surface area contributed by atoms with Crippen molar-refractivity contribution in [2.45, 2.75) is 38.7 Å². The van der Waals surface area contributed by atoms with E-state index in [-0.39, 0.29) is 0 Å². The lowest BCUT2D eigenvalue weighted by molar-refractivity contribution is -0.0452. The fourth-order valence-electron chi connectivity index (χ4n) is 3.74. The van der Waals surface area contributed by atoms with Gasteiger partial charge in [-0.25, -0.2) is 0 Å². The zero-order valence-electron chi connectivity index (χ0n) is 16.6. The molecule has 28 heavy (non-hydrogen) atoms. The second-order valence-electron chi connectivity index (χ2n) is 7.20. The van der Waals surface area contributed by atoms with Gasteiger partial charge >= 0.3 is 10.2 Å². The monoisotopic (exact) mass is 427 g/mol. The van der Waals surface area contributed by atoms with Crippen LogP contribution >= 0.6 is 11.6 Å². The van der Waals surface area contributed by atoms with Gasteiger partial charge in [-0.2, -0.15) is 17.8 Å². The molecule has 9 heteroatoms. The summed E-state index contributed by atoms with van der Waals surface area (Å²) in [5, 5.41) is 4.75. The Balaban J connectivity index is 1.78. The van der Waals surface area contributed by atoms with Gasteiger partial charge in [0, 0.05) is 31.6 Å². The molecule has 154 valence electrons. The van der Waals surface area contributed by atoms with E-state index in [9.17, 15) is 8.42 Å². The Morgan fingerprint density at radius 3 is 2.39 bits per heavy atom. The van der Waals surface area contributed by atoms with Crippen molar-refractivity contribution < 1.29 is 17.9 Å². The van der Waals surface area contributed by atoms with Crippen LogP contribution in [0.15, 0.2) is 24.3 Å². The Kier molecular flexibility index (Phi) is 6.05. The van der Waals surface area contributed by atoms with E-state index in [1.54, 1.807) is 40.2 Å². The molecule has 0 unspecified atom stereocenters. The second kappa shape index (κ2) is 8.02. The molecule has 0 N–H and O–H groups in total. The van der Waals surface area contributed by atoms with E-state index in [1.165, 1.54) is 4.31 Å². The second-order valence-corrected chi connectivity index (χ2v) is 9.39. The van der Waals surface area contributed by atoms with Crippen molar-refractivity contribution in [3.8, 4) is 5.75 Å². The lowest BCUT2D eigenvalue weighted by Crippen LogP contribution is -2.50. The third-order valence-corrected chi connectivity index (χ3v) is 7.40. The van der Waals surface area contributed by atoms with Crippen molar-refractivity contribution in [3.05, 3.63) is 46.2 Å². The Morgan fingerprint density at radius 2 is 1.86 bits per heavy atom. The Labute approximate surface area is 171 Å². The highest BCUT2D eigenvalue weighted by Crippen LogP contribution is 2.34. The number of aryl methyl sites for hydroxylation is 2. The van der Waals surface area contributed by atoms with Crippen LogP contribution in [0.2, 0.25) is 5.02 Å². The van der Waals surface area contributed by atoms with Gasteiger partial charge in [0.15, 0.2) is 0 Å². The maximum Gasteiger partial charge on any atom is 0.323 e. The van der Waals surface area contributed by atoms with Gasteiger partial charge in [0.05, 0.1) is 24.1 Å². The van der Waals surface area contributed by atoms with Crippen LogP contribution in [0.25, 0.3) is 0 Å². The molecule has 0 atom stereocenters. The van der Waals surface area contributed by atoms with Crippen molar-refractivity contribution in [1.29, 1.82) is 0 Å². The van der Waals surface area contributed by atoms with Gasteiger partial charge in [-0.15, -0.1) is 4.09 Å². The standard InChI is InChI=1S/C19H26ClN3O4S/c1-14-11-15(2)23(21-14)28(24,25)22-9-7-19(27-4,8-10-22)13-16-5-6-17(20)12-18(16)26-3/h5-6,11-12H,7-10,13H2,1-4H3. The van der Waals surface area contributed by atoms with Crippen LogP contribution in [0.4, 0.5) is 0 Å². The van der Waals surface area contributed by atoms with Crippen LogP contribution in [-0.4, -0.2) is 54.8 Å². The summed E-state index contributed by atoms with van der Waals surface area (Å²) in [6, 6.07) is 7.29. The van der Waals surface area contributed by atoms with Crippen LogP contribution in [0.5, 0.6) is 5.75 Å². The van der Waals surface area contributed by atoms with E-state index in [4.69, 9.17) is 21.1 Å². The van der Waals surface area contributed by atoms with Crippen molar-refractivity contribution in [2.24, 2.45) is 0 Å². The van der Waals surface area contributed by atoms with E-state index in [1.807, 2.05) is 12.1 Å². The van der Waals surface area contributed by atoms with Crippen LogP contribution < -0.4 is 4.74 Å². The maximum absolute atomic E-state index is 13.0. The smallest absolute Gasteiger partial charge is 0.323 e. The van der Waals surface area contributed by atoms with Crippen molar-refractivity contribution in [1.82, 2.24) is 13.5 Å². The number of hydrogen-bond acceptors (Lipinski definition) is 5. The molecule has 0 saturated carbocycles. The molecule has 7 nitrogen and oxygen atoms in total. The summed E-state index contributed by atoms with van der Waals surface area (Å²) >= 11 is 6.06. The number of rotatable bonds is 6. The van der Waals surface area contributed by atoms with Crippen LogP contribution in [0.1, 0.15) is 29.8 Å². The number of methoxy groups -OCH3 is 2. The van der Waals surface area contributed by atoms with Crippen molar-refractivity contribution in [3.63, 3.8) is 0 Å². The molecule has 3 rings (SSSR count). The summed E-state index contributed by atoms with van der Waals surface area (Å²) < 4.78 is 39.8. The number of halogens is 1. The number of ether oxygens (including phenoxy) is 2. The molecule has 0 spiro atoms. The van der Waals surface area contributed by atoms with Gasteiger partial charge in [-0.1, -0.05) is 17.7 Å². The SMILES string of the molecule is COc1cc(Cl)ccc1CC1(OC)CCN(S(=O)(=O)n2nc(C)cc2C)CC1. The predicted molar refractivity (Wildman–Crippen MR) is 108 cm³/mol. The van der Waals surface area contributed by atoms with Gasteiger partial charge in [-0.3, -0.25) is 0 Å². The summed E-state index contributed by atoms with van der Waals surface area (Å²) in [7, 11) is -0.397. The first-order valence-corrected chi connectivity index (χ1v) is 10.9. The third kappa shape index (κ3) is 4.05. The summed E-state index contributed by atoms with van der Waals surface area (Å²) in [4.78, 5) is 0. The molecule has 2 aromatic rings. The summed E-state index contributed by atoms with van der Waals surface area (Å²) in [5.41, 5.74) is 1.82. The molecule has 0 radical (unpaired) electrons. The molecule has 1 aromatic carbocycles. The van der Waals surface area contributed by atoms with E-state index in [2.05, 4.69) is 5.10 Å². The number of piperidine rings is 1. The first-order chi connectivity index (χ1) is 13.2. The van der Waals surface area contributed by atoms with E-state index in [0.717, 1.165) is 9.65 Å². The maximum atomic E-state index is 13.0. The first kappa shape index (κ1) is 21.1. The van der Waals surface area contributed by atoms with Crippen LogP contribution in [-0.2, 0) is 21.4 Å². The largest absolute Gasteiger partial charge is 0.496 e. The van der Waals surface area contributed by atoms with Crippen LogP contribution in [0, 0.1) is 13.8 Å². The normalized spacial score (nSPS) is 17.6. The lowest BCUT2D eigenvalue weighted by atomic mass is 9.85. The average Bonchev–Trinajstić information content (AvgIpc) is 3.02. The minimum atomic E-state index is -3.68. The highest BCUT2D eigenvalue weighted by Gasteiger charge is 2.40. The highest BCUT2D eigenvalue weighted by atomic mass is 35.5. The van der Waals surface area contributed by atoms with Crippen molar-refractivity contribution >= 4 is 21.8 Å². The topological polar surface area (TPSA) is 73.7 Å². The molecule has 0 amide bonds. The molecule has 1 fully saturated rings. The predicted octanol–water partition coefficient (Wildman–Crippen LogP) is 2.98. The molecular weight excluding hydrogens is 402 g/mol. The highest BCUT2D eigenvalue weighted by molar-refractivity contribution is 7.87. The van der Waals surface area contributed by atoms with E-state index in [0.29, 0.717) is 54.5 Å². The van der Waals surface area contributed by atoms with Gasteiger partial charge in [-0.05, 0) is 50.5 Å². The number of hydrogen-bond donors (Lipinski definition) is 0. The summed E-state index contributed by atoms with van der Waals surface area (Å²) in [6.45, 7) is 4.26. The summed E-state index contributed by atoms with van der Waals surface area (Å²) in [6.07, 6.45) is 1.78. The molecule has 0 bridgehead atoms. The number of aromatic nitrogens is 2. The number of nitrogens with zero attached hydrogens (tertiary/aromatic N) is 3. The van der Waals surface area contributed by atoms with Gasteiger partial charge < -0.3 is 9.47 Å². The molecule has 1 aliphatic heterocycles. The molecule has 0 aliphatic carbocycles. The zero-order chi connectivity index (χ0) is 20.5. The first-order valence-electron chi connectivity index (χ1n) is 9.12. The minimum Gasteiger partial charge on any atom is -0.496 e. The third-order valence-electron chi connectivity index (χ3n) is 5.34. The quantitative estimate of drug-likeness (QED) is 0.708. The average molecular weight is 428 g/mol. The fraction of sp³-hybridized carbons (Fsp3) is 0.526. The minimum absolute atomic E-state index is 0.366. The Bertz CT molecular complexity index is 950. The Morgan fingerprint density at radius 1 is 1.18 bits per heavy atom. The van der Waals surface area contributed by atoms with Gasteiger partial charge in [0.2, 0.25) is 0 Å². The molecular formula is C19H26ClN3O4S.